The molecule has 19 heavy (non-hydrogen) atoms. The van der Waals surface area contributed by atoms with Crippen molar-refractivity contribution >= 4 is 5.91 Å². The summed E-state index contributed by atoms with van der Waals surface area (Å²) < 4.78 is 0. The minimum atomic E-state index is 0.0492. The van der Waals surface area contributed by atoms with Crippen molar-refractivity contribution in [3.63, 3.8) is 0 Å². The monoisotopic (exact) mass is 268 g/mol. The van der Waals surface area contributed by atoms with E-state index in [0.717, 1.165) is 25.9 Å². The van der Waals surface area contributed by atoms with Crippen LogP contribution in [0.2, 0.25) is 0 Å². The van der Waals surface area contributed by atoms with E-state index >= 15 is 0 Å². The van der Waals surface area contributed by atoms with Gasteiger partial charge in [-0.15, -0.1) is 0 Å². The lowest BCUT2D eigenvalue weighted by Gasteiger charge is -2.45. The van der Waals surface area contributed by atoms with Gasteiger partial charge in [0.25, 0.3) is 0 Å². The number of hydrogen-bond donors (Lipinski definition) is 2. The molecular formula is C16H32N2O. The fourth-order valence-electron chi connectivity index (χ4n) is 3.75. The van der Waals surface area contributed by atoms with Crippen LogP contribution in [0.5, 0.6) is 0 Å². The minimum Gasteiger partial charge on any atom is -0.353 e. The molecule has 0 radical (unpaired) electrons. The first-order valence-electron chi connectivity index (χ1n) is 7.66. The van der Waals surface area contributed by atoms with E-state index in [4.69, 9.17) is 0 Å². The number of carbonyl (C=O) groups excluding carboxylic acids is 1. The summed E-state index contributed by atoms with van der Waals surface area (Å²) in [7, 11) is 0. The Morgan fingerprint density at radius 3 is 2.21 bits per heavy atom. The van der Waals surface area contributed by atoms with E-state index in [-0.39, 0.29) is 11.8 Å². The smallest absolute Gasteiger partial charge is 0.224 e. The van der Waals surface area contributed by atoms with Gasteiger partial charge in [0.05, 0.1) is 0 Å². The Hall–Kier alpha value is -0.570. The zero-order valence-electron chi connectivity index (χ0n) is 13.6. The molecule has 3 nitrogen and oxygen atoms in total. The fourth-order valence-corrected chi connectivity index (χ4v) is 3.75. The van der Waals surface area contributed by atoms with Crippen molar-refractivity contribution in [1.82, 2.24) is 10.6 Å². The Morgan fingerprint density at radius 1 is 1.21 bits per heavy atom. The zero-order chi connectivity index (χ0) is 14.7. The normalized spacial score (nSPS) is 23.9. The Kier molecular flexibility index (Phi) is 5.43. The molecule has 0 spiro atoms. The van der Waals surface area contributed by atoms with Crippen molar-refractivity contribution < 1.29 is 4.79 Å². The molecule has 0 aliphatic heterocycles. The summed E-state index contributed by atoms with van der Waals surface area (Å²) >= 11 is 0. The van der Waals surface area contributed by atoms with E-state index in [1.54, 1.807) is 0 Å². The fraction of sp³-hybridized carbons (Fsp3) is 0.938. The Bertz CT molecular complexity index is 294. The Labute approximate surface area is 118 Å². The number of amides is 1. The van der Waals surface area contributed by atoms with Crippen LogP contribution in [-0.4, -0.2) is 25.0 Å². The SMILES string of the molecule is CCNCC(C)C(=O)NC1CC(C)(C)CC(C)(C)C1. The second-order valence-electron chi connectivity index (χ2n) is 7.83. The third-order valence-corrected chi connectivity index (χ3v) is 4.05. The van der Waals surface area contributed by atoms with Gasteiger partial charge in [-0.05, 0) is 36.6 Å². The lowest BCUT2D eigenvalue weighted by Crippen LogP contribution is -2.48. The van der Waals surface area contributed by atoms with Crippen LogP contribution in [0, 0.1) is 16.7 Å². The van der Waals surface area contributed by atoms with Gasteiger partial charge in [-0.3, -0.25) is 4.79 Å². The van der Waals surface area contributed by atoms with Crippen molar-refractivity contribution in [3.8, 4) is 0 Å². The molecule has 0 bridgehead atoms. The molecule has 0 aromatic heterocycles. The second-order valence-corrected chi connectivity index (χ2v) is 7.83. The van der Waals surface area contributed by atoms with Crippen LogP contribution in [0.25, 0.3) is 0 Å². The van der Waals surface area contributed by atoms with E-state index in [0.29, 0.717) is 16.9 Å². The first-order chi connectivity index (χ1) is 8.65. The molecule has 3 heteroatoms. The number of carbonyl (C=O) groups is 1. The first-order valence-corrected chi connectivity index (χ1v) is 7.66. The van der Waals surface area contributed by atoms with E-state index in [1.807, 2.05) is 6.92 Å². The molecule has 0 aromatic rings. The highest BCUT2D eigenvalue weighted by Gasteiger charge is 2.39. The van der Waals surface area contributed by atoms with Gasteiger partial charge in [-0.2, -0.15) is 0 Å². The average molecular weight is 268 g/mol. The van der Waals surface area contributed by atoms with Gasteiger partial charge in [0.1, 0.15) is 0 Å². The maximum Gasteiger partial charge on any atom is 0.224 e. The second kappa shape index (κ2) is 6.25. The standard InChI is InChI=1S/C16H32N2O/c1-7-17-10-12(2)14(19)18-13-8-15(3,4)11-16(5,6)9-13/h12-13,17H,7-11H2,1-6H3,(H,18,19). The molecule has 0 saturated heterocycles. The van der Waals surface area contributed by atoms with Gasteiger partial charge in [0.15, 0.2) is 0 Å². The molecule has 1 unspecified atom stereocenters. The molecule has 0 aromatic carbocycles. The lowest BCUT2D eigenvalue weighted by molar-refractivity contribution is -0.126. The molecular weight excluding hydrogens is 236 g/mol. The molecule has 1 amide bonds. The molecule has 1 saturated carbocycles. The van der Waals surface area contributed by atoms with Crippen LogP contribution in [0.4, 0.5) is 0 Å². The van der Waals surface area contributed by atoms with Crippen LogP contribution in [0.3, 0.4) is 0 Å². The van der Waals surface area contributed by atoms with E-state index in [1.165, 1.54) is 6.42 Å². The van der Waals surface area contributed by atoms with Crippen molar-refractivity contribution in [2.45, 2.75) is 66.8 Å². The summed E-state index contributed by atoms with van der Waals surface area (Å²) in [6.07, 6.45) is 3.42. The summed E-state index contributed by atoms with van der Waals surface area (Å²) in [6, 6.07) is 0.329. The van der Waals surface area contributed by atoms with Crippen LogP contribution in [-0.2, 0) is 4.79 Å². The number of hydrogen-bond acceptors (Lipinski definition) is 2. The van der Waals surface area contributed by atoms with Gasteiger partial charge in [-0.1, -0.05) is 41.5 Å². The molecule has 1 rings (SSSR count). The van der Waals surface area contributed by atoms with Crippen molar-refractivity contribution in [2.24, 2.45) is 16.7 Å². The average Bonchev–Trinajstić information content (AvgIpc) is 2.20. The summed E-state index contributed by atoms with van der Waals surface area (Å²) in [5, 5.41) is 6.50. The van der Waals surface area contributed by atoms with Crippen LogP contribution >= 0.6 is 0 Å². The quantitative estimate of drug-likeness (QED) is 0.805. The maximum absolute atomic E-state index is 12.2. The summed E-state index contributed by atoms with van der Waals surface area (Å²) in [4.78, 5) is 12.2. The Balaban J connectivity index is 2.54. The third kappa shape index (κ3) is 5.52. The molecule has 1 aliphatic rings. The van der Waals surface area contributed by atoms with Crippen molar-refractivity contribution in [3.05, 3.63) is 0 Å². The third-order valence-electron chi connectivity index (χ3n) is 4.05. The highest BCUT2D eigenvalue weighted by molar-refractivity contribution is 5.78. The minimum absolute atomic E-state index is 0.0492. The van der Waals surface area contributed by atoms with Crippen molar-refractivity contribution in [2.75, 3.05) is 13.1 Å². The summed E-state index contributed by atoms with van der Waals surface area (Å²) in [5.41, 5.74) is 0.648. The largest absolute Gasteiger partial charge is 0.353 e. The predicted molar refractivity (Wildman–Crippen MR) is 81.1 cm³/mol. The van der Waals surface area contributed by atoms with Crippen LogP contribution in [0.15, 0.2) is 0 Å². The topological polar surface area (TPSA) is 41.1 Å². The molecule has 112 valence electrons. The molecule has 2 N–H and O–H groups in total. The Morgan fingerprint density at radius 2 is 1.74 bits per heavy atom. The zero-order valence-corrected chi connectivity index (χ0v) is 13.6. The van der Waals surface area contributed by atoms with Crippen LogP contribution in [0.1, 0.15) is 60.8 Å². The molecule has 0 heterocycles. The van der Waals surface area contributed by atoms with Crippen molar-refractivity contribution in [1.29, 1.82) is 0 Å². The van der Waals surface area contributed by atoms with E-state index in [9.17, 15) is 4.79 Å². The summed E-state index contributed by atoms with van der Waals surface area (Å²) in [6.45, 7) is 15.0. The molecule has 1 fully saturated rings. The van der Waals surface area contributed by atoms with E-state index < -0.39 is 0 Å². The maximum atomic E-state index is 12.2. The summed E-state index contributed by atoms with van der Waals surface area (Å²) in [5.74, 6) is 0.243. The molecule has 1 atom stereocenters. The van der Waals surface area contributed by atoms with E-state index in [2.05, 4.69) is 45.3 Å². The van der Waals surface area contributed by atoms with Gasteiger partial charge in [0, 0.05) is 18.5 Å². The highest BCUT2D eigenvalue weighted by Crippen LogP contribution is 2.45. The highest BCUT2D eigenvalue weighted by atomic mass is 16.1. The first kappa shape index (κ1) is 16.5. The molecule has 1 aliphatic carbocycles. The van der Waals surface area contributed by atoms with Gasteiger partial charge in [-0.25, -0.2) is 0 Å². The predicted octanol–water partition coefficient (Wildman–Crippen LogP) is 2.95. The number of rotatable bonds is 5. The van der Waals surface area contributed by atoms with Crippen LogP contribution < -0.4 is 10.6 Å². The number of nitrogens with one attached hydrogen (secondary N) is 2. The van der Waals surface area contributed by atoms with Gasteiger partial charge >= 0.3 is 0 Å². The van der Waals surface area contributed by atoms with Gasteiger partial charge in [0.2, 0.25) is 5.91 Å². The lowest BCUT2D eigenvalue weighted by atomic mass is 9.63. The van der Waals surface area contributed by atoms with Gasteiger partial charge < -0.3 is 10.6 Å².